The summed E-state index contributed by atoms with van der Waals surface area (Å²) in [6.45, 7) is 1.41. The van der Waals surface area contributed by atoms with Crippen LogP contribution in [0.15, 0.2) is 83.8 Å². The van der Waals surface area contributed by atoms with Crippen LogP contribution in [0.2, 0.25) is 0 Å². The first-order valence-corrected chi connectivity index (χ1v) is 9.81. The van der Waals surface area contributed by atoms with Crippen LogP contribution >= 0.6 is 0 Å². The van der Waals surface area contributed by atoms with E-state index in [9.17, 15) is 9.59 Å². The van der Waals surface area contributed by atoms with Gasteiger partial charge in [0, 0.05) is 24.4 Å². The first kappa shape index (κ1) is 18.2. The predicted octanol–water partition coefficient (Wildman–Crippen LogP) is 4.05. The molecule has 30 heavy (non-hydrogen) atoms. The SMILES string of the molecule is O=C(c1ccccc1)c1cn(Cc2ccccc2)c2cc3c(cc2c1=O)OCCO3. The normalized spacial score (nSPS) is 12.7. The van der Waals surface area contributed by atoms with Crippen molar-refractivity contribution < 1.29 is 14.3 Å². The minimum absolute atomic E-state index is 0.140. The fourth-order valence-electron chi connectivity index (χ4n) is 3.74. The van der Waals surface area contributed by atoms with Gasteiger partial charge < -0.3 is 14.0 Å². The molecule has 3 aromatic carbocycles. The lowest BCUT2D eigenvalue weighted by atomic mass is 10.0. The molecule has 148 valence electrons. The number of rotatable bonds is 4. The Morgan fingerprint density at radius 3 is 2.20 bits per heavy atom. The van der Waals surface area contributed by atoms with E-state index in [1.165, 1.54) is 0 Å². The van der Waals surface area contributed by atoms with Crippen molar-refractivity contribution in [2.75, 3.05) is 13.2 Å². The molecule has 0 radical (unpaired) electrons. The third kappa shape index (κ3) is 3.24. The number of fused-ring (bicyclic) bond motifs is 2. The molecular weight excluding hydrogens is 378 g/mol. The molecule has 5 nitrogen and oxygen atoms in total. The number of hydrogen-bond donors (Lipinski definition) is 0. The maximum Gasteiger partial charge on any atom is 0.200 e. The molecular formula is C25H19NO4. The third-order valence-electron chi connectivity index (χ3n) is 5.22. The Kier molecular flexibility index (Phi) is 4.56. The lowest BCUT2D eigenvalue weighted by Crippen LogP contribution is -2.21. The standard InChI is InChI=1S/C25H19NO4/c27-24(18-9-5-2-6-10-18)20-16-26(15-17-7-3-1-4-8-17)21-14-23-22(29-11-12-30-23)13-19(21)25(20)28/h1-10,13-14,16H,11-12,15H2. The molecule has 0 N–H and O–H groups in total. The number of nitrogens with zero attached hydrogens (tertiary/aromatic N) is 1. The number of aromatic nitrogens is 1. The van der Waals surface area contributed by atoms with Gasteiger partial charge in [0.15, 0.2) is 17.3 Å². The second-order valence-electron chi connectivity index (χ2n) is 7.19. The number of benzene rings is 3. The van der Waals surface area contributed by atoms with Crippen molar-refractivity contribution in [3.05, 3.63) is 106 Å². The van der Waals surface area contributed by atoms with Gasteiger partial charge in [-0.15, -0.1) is 0 Å². The topological polar surface area (TPSA) is 57.5 Å². The molecule has 0 saturated carbocycles. The molecule has 5 heteroatoms. The Bertz CT molecular complexity index is 1290. The van der Waals surface area contributed by atoms with Gasteiger partial charge in [0.2, 0.25) is 5.43 Å². The Morgan fingerprint density at radius 2 is 1.50 bits per heavy atom. The molecule has 0 fully saturated rings. The zero-order chi connectivity index (χ0) is 20.5. The maximum atomic E-state index is 13.3. The molecule has 0 bridgehead atoms. The Balaban J connectivity index is 1.73. The molecule has 1 aromatic heterocycles. The summed E-state index contributed by atoms with van der Waals surface area (Å²) in [6, 6.07) is 22.3. The average Bonchev–Trinajstić information content (AvgIpc) is 2.81. The van der Waals surface area contributed by atoms with Crippen LogP contribution < -0.4 is 14.9 Å². The Morgan fingerprint density at radius 1 is 0.867 bits per heavy atom. The molecule has 0 aliphatic carbocycles. The highest BCUT2D eigenvalue weighted by Crippen LogP contribution is 2.34. The van der Waals surface area contributed by atoms with Crippen LogP contribution in [0.3, 0.4) is 0 Å². The van der Waals surface area contributed by atoms with Gasteiger partial charge in [-0.3, -0.25) is 9.59 Å². The van der Waals surface area contributed by atoms with Gasteiger partial charge in [0.25, 0.3) is 0 Å². The summed E-state index contributed by atoms with van der Waals surface area (Å²) in [4.78, 5) is 26.4. The average molecular weight is 397 g/mol. The quantitative estimate of drug-likeness (QED) is 0.488. The first-order chi connectivity index (χ1) is 14.7. The highest BCUT2D eigenvalue weighted by Gasteiger charge is 2.21. The summed E-state index contributed by atoms with van der Waals surface area (Å²) in [5.74, 6) is 0.845. The number of carbonyl (C=O) groups excluding carboxylic acids is 1. The molecule has 4 aromatic rings. The largest absolute Gasteiger partial charge is 0.486 e. The Hall–Kier alpha value is -3.86. The van der Waals surface area contributed by atoms with Crippen LogP contribution in [0.4, 0.5) is 0 Å². The van der Waals surface area contributed by atoms with Crippen LogP contribution in [0, 0.1) is 0 Å². The van der Waals surface area contributed by atoms with Crippen LogP contribution in [0.5, 0.6) is 11.5 Å². The van der Waals surface area contributed by atoms with E-state index in [-0.39, 0.29) is 16.8 Å². The van der Waals surface area contributed by atoms with Crippen LogP contribution in [0.1, 0.15) is 21.5 Å². The van der Waals surface area contributed by atoms with Crippen LogP contribution in [0.25, 0.3) is 10.9 Å². The van der Waals surface area contributed by atoms with E-state index in [0.717, 1.165) is 5.56 Å². The van der Waals surface area contributed by atoms with Gasteiger partial charge in [-0.25, -0.2) is 0 Å². The van der Waals surface area contributed by atoms with Crippen molar-refractivity contribution in [3.63, 3.8) is 0 Å². The number of hydrogen-bond acceptors (Lipinski definition) is 4. The number of carbonyl (C=O) groups is 1. The second kappa shape index (κ2) is 7.52. The smallest absolute Gasteiger partial charge is 0.200 e. The first-order valence-electron chi connectivity index (χ1n) is 9.81. The van der Waals surface area contributed by atoms with Crippen LogP contribution in [-0.2, 0) is 6.54 Å². The molecule has 0 amide bonds. The lowest BCUT2D eigenvalue weighted by Gasteiger charge is -2.20. The fourth-order valence-corrected chi connectivity index (χ4v) is 3.74. The van der Waals surface area contributed by atoms with E-state index in [1.807, 2.05) is 47.0 Å². The van der Waals surface area contributed by atoms with Gasteiger partial charge in [-0.1, -0.05) is 60.7 Å². The van der Waals surface area contributed by atoms with Crippen molar-refractivity contribution in [3.8, 4) is 11.5 Å². The molecule has 0 saturated heterocycles. The van der Waals surface area contributed by atoms with Gasteiger partial charge >= 0.3 is 0 Å². The lowest BCUT2D eigenvalue weighted by molar-refractivity contribution is 0.103. The number of ether oxygens (including phenoxy) is 2. The third-order valence-corrected chi connectivity index (χ3v) is 5.22. The summed E-state index contributed by atoms with van der Waals surface area (Å²) < 4.78 is 13.3. The van der Waals surface area contributed by atoms with Crippen molar-refractivity contribution in [2.24, 2.45) is 0 Å². The van der Waals surface area contributed by atoms with E-state index in [4.69, 9.17) is 9.47 Å². The van der Waals surface area contributed by atoms with E-state index in [1.54, 1.807) is 36.5 Å². The minimum atomic E-state index is -0.305. The van der Waals surface area contributed by atoms with Crippen LogP contribution in [-0.4, -0.2) is 23.6 Å². The maximum absolute atomic E-state index is 13.3. The molecule has 0 unspecified atom stereocenters. The van der Waals surface area contributed by atoms with Gasteiger partial charge in [-0.05, 0) is 11.6 Å². The Labute approximate surface area is 173 Å². The zero-order valence-corrected chi connectivity index (χ0v) is 16.2. The molecule has 0 spiro atoms. The van der Waals surface area contributed by atoms with E-state index >= 15 is 0 Å². The predicted molar refractivity (Wildman–Crippen MR) is 115 cm³/mol. The monoisotopic (exact) mass is 397 g/mol. The number of ketones is 1. The fraction of sp³-hybridized carbons (Fsp3) is 0.120. The highest BCUT2D eigenvalue weighted by molar-refractivity contribution is 6.10. The van der Waals surface area contributed by atoms with E-state index in [0.29, 0.717) is 47.7 Å². The summed E-state index contributed by atoms with van der Waals surface area (Å²) >= 11 is 0. The second-order valence-corrected chi connectivity index (χ2v) is 7.19. The minimum Gasteiger partial charge on any atom is -0.486 e. The highest BCUT2D eigenvalue weighted by atomic mass is 16.6. The molecule has 1 aliphatic rings. The summed E-state index contributed by atoms with van der Waals surface area (Å²) in [6.07, 6.45) is 1.66. The summed E-state index contributed by atoms with van der Waals surface area (Å²) in [5, 5.41) is 0.442. The van der Waals surface area contributed by atoms with Gasteiger partial charge in [0.1, 0.15) is 13.2 Å². The van der Waals surface area contributed by atoms with E-state index in [2.05, 4.69) is 0 Å². The molecule has 5 rings (SSSR count). The van der Waals surface area contributed by atoms with Crippen molar-refractivity contribution >= 4 is 16.7 Å². The number of pyridine rings is 1. The summed E-state index contributed by atoms with van der Waals surface area (Å²) in [5.41, 5.74) is 2.09. The molecule has 2 heterocycles. The van der Waals surface area contributed by atoms with E-state index < -0.39 is 0 Å². The zero-order valence-electron chi connectivity index (χ0n) is 16.2. The molecule has 1 aliphatic heterocycles. The van der Waals surface area contributed by atoms with Crippen molar-refractivity contribution in [1.82, 2.24) is 4.57 Å². The summed E-state index contributed by atoms with van der Waals surface area (Å²) in [7, 11) is 0. The van der Waals surface area contributed by atoms with Gasteiger partial charge in [0.05, 0.1) is 16.5 Å². The van der Waals surface area contributed by atoms with Crippen molar-refractivity contribution in [1.29, 1.82) is 0 Å². The molecule has 0 atom stereocenters. The van der Waals surface area contributed by atoms with Gasteiger partial charge in [-0.2, -0.15) is 0 Å². The van der Waals surface area contributed by atoms with Crippen molar-refractivity contribution in [2.45, 2.75) is 6.54 Å².